The van der Waals surface area contributed by atoms with Gasteiger partial charge in [-0.1, -0.05) is 60.7 Å². The van der Waals surface area contributed by atoms with Gasteiger partial charge in [-0.15, -0.1) is 0 Å². The third-order valence-corrected chi connectivity index (χ3v) is 4.31. The van der Waals surface area contributed by atoms with Gasteiger partial charge in [-0.05, 0) is 17.7 Å². The lowest BCUT2D eigenvalue weighted by Gasteiger charge is -2.16. The van der Waals surface area contributed by atoms with Gasteiger partial charge in [0.15, 0.2) is 0 Å². The van der Waals surface area contributed by atoms with E-state index in [0.717, 1.165) is 18.5 Å². The molecule has 0 spiro atoms. The van der Waals surface area contributed by atoms with Crippen molar-refractivity contribution in [2.75, 3.05) is 0 Å². The van der Waals surface area contributed by atoms with E-state index < -0.39 is 0 Å². The lowest BCUT2D eigenvalue weighted by atomic mass is 9.98. The Morgan fingerprint density at radius 3 is 2.00 bits per heavy atom. The Kier molecular flexibility index (Phi) is 5.54. The first-order valence-corrected chi connectivity index (χ1v) is 8.38. The summed E-state index contributed by atoms with van der Waals surface area (Å²) < 4.78 is 0. The van der Waals surface area contributed by atoms with E-state index >= 15 is 0 Å². The largest absolute Gasteiger partial charge is 0.336 e. The van der Waals surface area contributed by atoms with Crippen LogP contribution in [0, 0.1) is 10.1 Å². The highest BCUT2D eigenvalue weighted by Crippen LogP contribution is 2.16. The van der Waals surface area contributed by atoms with Crippen LogP contribution in [0.1, 0.15) is 22.7 Å². The Morgan fingerprint density at radius 2 is 1.40 bits per heavy atom. The highest BCUT2D eigenvalue weighted by Gasteiger charge is 2.15. The first-order valence-electron chi connectivity index (χ1n) is 8.38. The number of nitro benzene ring substituents is 1. The van der Waals surface area contributed by atoms with E-state index in [0.29, 0.717) is 6.04 Å². The molecule has 4 heteroatoms. The molecule has 0 radical (unpaired) electrons. The third kappa shape index (κ3) is 4.75. The van der Waals surface area contributed by atoms with E-state index in [4.69, 9.17) is 0 Å². The van der Waals surface area contributed by atoms with E-state index in [1.165, 1.54) is 11.1 Å². The predicted molar refractivity (Wildman–Crippen MR) is 98.1 cm³/mol. The van der Waals surface area contributed by atoms with Gasteiger partial charge in [-0.25, -0.2) is 0 Å². The lowest BCUT2D eigenvalue weighted by Crippen LogP contribution is -2.84. The number of hydrogen-bond acceptors (Lipinski definition) is 2. The summed E-state index contributed by atoms with van der Waals surface area (Å²) in [6.45, 7) is 0.782. The highest BCUT2D eigenvalue weighted by atomic mass is 16.6. The standard InChI is InChI=1S/C21H20N2O2/c24-23(25)20-13-11-18(12-14-20)16-22-21(19-9-5-2-6-10-19)15-17-7-3-1-4-8-17/h1-14,21-22H,15-16H2/p+1. The molecule has 0 saturated carbocycles. The maximum atomic E-state index is 10.8. The summed E-state index contributed by atoms with van der Waals surface area (Å²) in [5.74, 6) is 0. The molecule has 2 N–H and O–H groups in total. The fourth-order valence-corrected chi connectivity index (χ4v) is 2.94. The van der Waals surface area contributed by atoms with Crippen molar-refractivity contribution in [1.82, 2.24) is 0 Å². The van der Waals surface area contributed by atoms with E-state index in [1.54, 1.807) is 12.1 Å². The van der Waals surface area contributed by atoms with E-state index in [9.17, 15) is 10.1 Å². The van der Waals surface area contributed by atoms with Crippen molar-refractivity contribution in [2.24, 2.45) is 0 Å². The van der Waals surface area contributed by atoms with Gasteiger partial charge >= 0.3 is 0 Å². The number of non-ortho nitro benzene ring substituents is 1. The molecule has 1 unspecified atom stereocenters. The number of benzene rings is 3. The summed E-state index contributed by atoms with van der Waals surface area (Å²) in [6.07, 6.45) is 0.942. The quantitative estimate of drug-likeness (QED) is 0.530. The topological polar surface area (TPSA) is 59.8 Å². The van der Waals surface area contributed by atoms with Gasteiger partial charge in [-0.3, -0.25) is 10.1 Å². The summed E-state index contributed by atoms with van der Waals surface area (Å²) in [6, 6.07) is 28.0. The van der Waals surface area contributed by atoms with Crippen LogP contribution in [0.3, 0.4) is 0 Å². The van der Waals surface area contributed by atoms with Crippen LogP contribution in [-0.2, 0) is 13.0 Å². The molecule has 0 bridgehead atoms. The average Bonchev–Trinajstić information content (AvgIpc) is 2.67. The smallest absolute Gasteiger partial charge is 0.269 e. The van der Waals surface area contributed by atoms with Crippen LogP contribution in [0.5, 0.6) is 0 Å². The minimum absolute atomic E-state index is 0.132. The molecule has 25 heavy (non-hydrogen) atoms. The fraction of sp³-hybridized carbons (Fsp3) is 0.143. The number of quaternary nitrogens is 1. The molecule has 0 aliphatic rings. The Morgan fingerprint density at radius 1 is 0.800 bits per heavy atom. The first kappa shape index (κ1) is 16.9. The zero-order valence-corrected chi connectivity index (χ0v) is 13.9. The molecular formula is C21H21N2O2+. The van der Waals surface area contributed by atoms with Crippen molar-refractivity contribution in [3.05, 3.63) is 112 Å². The maximum absolute atomic E-state index is 10.8. The number of nitrogens with two attached hydrogens (primary N) is 1. The predicted octanol–water partition coefficient (Wildman–Crippen LogP) is 3.64. The van der Waals surface area contributed by atoms with Crippen LogP contribution in [0.25, 0.3) is 0 Å². The van der Waals surface area contributed by atoms with Gasteiger partial charge in [0, 0.05) is 29.7 Å². The Labute approximate surface area is 147 Å². The summed E-state index contributed by atoms with van der Waals surface area (Å²) in [4.78, 5) is 10.4. The molecule has 3 aromatic carbocycles. The summed E-state index contributed by atoms with van der Waals surface area (Å²) in [5.41, 5.74) is 3.80. The second kappa shape index (κ2) is 8.22. The molecule has 1 atom stereocenters. The van der Waals surface area contributed by atoms with E-state index in [-0.39, 0.29) is 10.6 Å². The minimum Gasteiger partial charge on any atom is -0.336 e. The molecule has 0 aliphatic carbocycles. The molecule has 0 fully saturated rings. The normalized spacial score (nSPS) is 11.8. The van der Waals surface area contributed by atoms with Gasteiger partial charge in [0.25, 0.3) is 5.69 Å². The van der Waals surface area contributed by atoms with Crippen molar-refractivity contribution in [3.63, 3.8) is 0 Å². The van der Waals surface area contributed by atoms with Crippen molar-refractivity contribution >= 4 is 5.69 Å². The first-order chi connectivity index (χ1) is 12.2. The van der Waals surface area contributed by atoms with Crippen molar-refractivity contribution < 1.29 is 10.2 Å². The summed E-state index contributed by atoms with van der Waals surface area (Å²) in [7, 11) is 0. The van der Waals surface area contributed by atoms with Crippen LogP contribution in [-0.4, -0.2) is 4.92 Å². The monoisotopic (exact) mass is 333 g/mol. The Bertz CT molecular complexity index is 802. The number of hydrogen-bond donors (Lipinski definition) is 1. The molecule has 0 heterocycles. The summed E-state index contributed by atoms with van der Waals surface area (Å²) >= 11 is 0. The van der Waals surface area contributed by atoms with Crippen LogP contribution < -0.4 is 5.32 Å². The molecule has 0 aliphatic heterocycles. The van der Waals surface area contributed by atoms with Crippen LogP contribution >= 0.6 is 0 Å². The van der Waals surface area contributed by atoms with Crippen molar-refractivity contribution in [1.29, 1.82) is 0 Å². The van der Waals surface area contributed by atoms with E-state index in [2.05, 4.69) is 53.8 Å². The van der Waals surface area contributed by atoms with Gasteiger partial charge in [0.1, 0.15) is 12.6 Å². The van der Waals surface area contributed by atoms with Crippen molar-refractivity contribution in [3.8, 4) is 0 Å². The molecule has 3 aromatic rings. The fourth-order valence-electron chi connectivity index (χ4n) is 2.94. The van der Waals surface area contributed by atoms with Gasteiger partial charge in [0.05, 0.1) is 4.92 Å². The second-order valence-corrected chi connectivity index (χ2v) is 6.07. The minimum atomic E-state index is -0.365. The average molecular weight is 333 g/mol. The number of nitro groups is 1. The Hall–Kier alpha value is -2.98. The molecular weight excluding hydrogens is 312 g/mol. The zero-order chi connectivity index (χ0) is 17.5. The van der Waals surface area contributed by atoms with Gasteiger partial charge in [0.2, 0.25) is 0 Å². The van der Waals surface area contributed by atoms with Crippen LogP contribution in [0.4, 0.5) is 5.69 Å². The zero-order valence-electron chi connectivity index (χ0n) is 13.9. The summed E-state index contributed by atoms with van der Waals surface area (Å²) in [5, 5.41) is 13.1. The number of nitrogens with zero attached hydrogens (tertiary/aromatic N) is 1. The molecule has 0 saturated heterocycles. The maximum Gasteiger partial charge on any atom is 0.269 e. The number of rotatable bonds is 7. The van der Waals surface area contributed by atoms with Crippen molar-refractivity contribution in [2.45, 2.75) is 19.0 Å². The molecule has 126 valence electrons. The molecule has 0 amide bonds. The molecule has 4 nitrogen and oxygen atoms in total. The lowest BCUT2D eigenvalue weighted by molar-refractivity contribution is -0.711. The van der Waals surface area contributed by atoms with Gasteiger partial charge in [-0.2, -0.15) is 0 Å². The van der Waals surface area contributed by atoms with Gasteiger partial charge < -0.3 is 5.32 Å². The van der Waals surface area contributed by atoms with E-state index in [1.807, 2.05) is 24.3 Å². The molecule has 3 rings (SSSR count). The Balaban J connectivity index is 1.72. The third-order valence-electron chi connectivity index (χ3n) is 4.31. The van der Waals surface area contributed by atoms with Crippen LogP contribution in [0.15, 0.2) is 84.9 Å². The second-order valence-electron chi connectivity index (χ2n) is 6.07. The SMILES string of the molecule is O=[N+]([O-])c1ccc(C[NH2+]C(Cc2ccccc2)c2ccccc2)cc1. The molecule has 0 aromatic heterocycles. The van der Waals surface area contributed by atoms with Crippen LogP contribution in [0.2, 0.25) is 0 Å². The highest BCUT2D eigenvalue weighted by molar-refractivity contribution is 5.32.